The van der Waals surface area contributed by atoms with Gasteiger partial charge in [0.25, 0.3) is 5.91 Å². The van der Waals surface area contributed by atoms with Crippen molar-refractivity contribution >= 4 is 27.5 Å². The van der Waals surface area contributed by atoms with E-state index in [0.29, 0.717) is 30.2 Å². The van der Waals surface area contributed by atoms with Crippen molar-refractivity contribution in [1.29, 1.82) is 0 Å². The highest BCUT2D eigenvalue weighted by molar-refractivity contribution is 7.85. The fourth-order valence-corrected chi connectivity index (χ4v) is 3.46. The van der Waals surface area contributed by atoms with Crippen LogP contribution >= 0.6 is 0 Å². The Balaban J connectivity index is 1.94. The molecular weight excluding hydrogens is 274 g/mol. The quantitative estimate of drug-likeness (QED) is 0.870. The number of hydrogen-bond donors (Lipinski definition) is 1. The molecule has 0 radical (unpaired) electrons. The molecule has 2 aromatic rings. The van der Waals surface area contributed by atoms with Crippen molar-refractivity contribution in [3.05, 3.63) is 42.0 Å². The maximum atomic E-state index is 12.4. The zero-order valence-corrected chi connectivity index (χ0v) is 11.7. The Morgan fingerprint density at radius 3 is 2.35 bits per heavy atom. The van der Waals surface area contributed by atoms with E-state index in [1.807, 2.05) is 24.3 Å². The SMILES string of the molecule is O=C(c1cc2ccccc2cc1O)N1CCS(=O)CC1. The number of fused-ring (bicyclic) bond motifs is 1. The predicted octanol–water partition coefficient (Wildman–Crippen LogP) is 1.75. The molecule has 3 rings (SSSR count). The highest BCUT2D eigenvalue weighted by atomic mass is 32.2. The van der Waals surface area contributed by atoms with Crippen LogP contribution in [-0.2, 0) is 10.8 Å². The third-order valence-electron chi connectivity index (χ3n) is 3.56. The first-order chi connectivity index (χ1) is 9.65. The van der Waals surface area contributed by atoms with Gasteiger partial charge in [-0.1, -0.05) is 24.3 Å². The Morgan fingerprint density at radius 1 is 1.10 bits per heavy atom. The molecule has 0 saturated carbocycles. The van der Waals surface area contributed by atoms with E-state index in [-0.39, 0.29) is 11.7 Å². The van der Waals surface area contributed by atoms with Crippen molar-refractivity contribution in [2.45, 2.75) is 0 Å². The van der Waals surface area contributed by atoms with Gasteiger partial charge in [-0.25, -0.2) is 0 Å². The summed E-state index contributed by atoms with van der Waals surface area (Å²) in [5.74, 6) is 0.838. The monoisotopic (exact) mass is 289 g/mol. The van der Waals surface area contributed by atoms with Gasteiger partial charge in [-0.05, 0) is 22.9 Å². The Bertz CT molecular complexity index is 689. The summed E-state index contributed by atoms with van der Waals surface area (Å²) in [5, 5.41) is 11.9. The van der Waals surface area contributed by atoms with E-state index < -0.39 is 10.8 Å². The zero-order valence-electron chi connectivity index (χ0n) is 10.9. The van der Waals surface area contributed by atoms with Gasteiger partial charge in [-0.15, -0.1) is 0 Å². The largest absolute Gasteiger partial charge is 0.507 e. The molecule has 1 amide bonds. The Morgan fingerprint density at radius 2 is 1.70 bits per heavy atom. The average molecular weight is 289 g/mol. The topological polar surface area (TPSA) is 57.6 Å². The van der Waals surface area contributed by atoms with Crippen molar-refractivity contribution in [3.63, 3.8) is 0 Å². The minimum atomic E-state index is -0.818. The van der Waals surface area contributed by atoms with E-state index >= 15 is 0 Å². The minimum Gasteiger partial charge on any atom is -0.507 e. The molecule has 1 aliphatic rings. The summed E-state index contributed by atoms with van der Waals surface area (Å²) in [6.45, 7) is 0.968. The number of nitrogens with zero attached hydrogens (tertiary/aromatic N) is 1. The summed E-state index contributed by atoms with van der Waals surface area (Å²) in [4.78, 5) is 14.1. The van der Waals surface area contributed by atoms with Crippen LogP contribution in [0, 0.1) is 0 Å². The lowest BCUT2D eigenvalue weighted by Gasteiger charge is -2.26. The van der Waals surface area contributed by atoms with E-state index in [1.54, 1.807) is 17.0 Å². The number of rotatable bonds is 1. The molecule has 0 aliphatic carbocycles. The third kappa shape index (κ3) is 2.41. The van der Waals surface area contributed by atoms with Crippen LogP contribution in [0.2, 0.25) is 0 Å². The number of amides is 1. The van der Waals surface area contributed by atoms with Gasteiger partial charge in [0.1, 0.15) is 5.75 Å². The molecule has 1 saturated heterocycles. The van der Waals surface area contributed by atoms with E-state index in [0.717, 1.165) is 10.8 Å². The molecule has 0 spiro atoms. The second-order valence-corrected chi connectivity index (χ2v) is 6.55. The van der Waals surface area contributed by atoms with Crippen molar-refractivity contribution in [1.82, 2.24) is 4.90 Å². The van der Waals surface area contributed by atoms with Gasteiger partial charge in [0.15, 0.2) is 0 Å². The Hall–Kier alpha value is -1.88. The molecule has 104 valence electrons. The highest BCUT2D eigenvalue weighted by Gasteiger charge is 2.23. The van der Waals surface area contributed by atoms with Crippen molar-refractivity contribution in [3.8, 4) is 5.75 Å². The standard InChI is InChI=1S/C15H15NO3S/c17-14-10-12-4-2-1-3-11(12)9-13(14)15(18)16-5-7-20(19)8-6-16/h1-4,9-10,17H,5-8H2. The first-order valence-corrected chi connectivity index (χ1v) is 8.00. The van der Waals surface area contributed by atoms with Crippen molar-refractivity contribution in [2.24, 2.45) is 0 Å². The van der Waals surface area contributed by atoms with E-state index in [4.69, 9.17) is 0 Å². The number of benzene rings is 2. The second-order valence-electron chi connectivity index (χ2n) is 4.86. The van der Waals surface area contributed by atoms with E-state index in [9.17, 15) is 14.1 Å². The van der Waals surface area contributed by atoms with E-state index in [2.05, 4.69) is 0 Å². The highest BCUT2D eigenvalue weighted by Crippen LogP contribution is 2.26. The summed E-state index contributed by atoms with van der Waals surface area (Å²) in [7, 11) is -0.818. The van der Waals surface area contributed by atoms with Crippen LogP contribution < -0.4 is 0 Å². The number of carbonyl (C=O) groups excluding carboxylic acids is 1. The summed E-state index contributed by atoms with van der Waals surface area (Å²) in [6.07, 6.45) is 0. The molecule has 1 fully saturated rings. The van der Waals surface area contributed by atoms with Gasteiger partial charge in [-0.3, -0.25) is 9.00 Å². The second kappa shape index (κ2) is 5.25. The molecule has 0 bridgehead atoms. The molecule has 1 heterocycles. The summed E-state index contributed by atoms with van der Waals surface area (Å²) in [6, 6.07) is 10.9. The molecule has 0 aromatic heterocycles. The smallest absolute Gasteiger partial charge is 0.257 e. The van der Waals surface area contributed by atoms with Crippen LogP contribution in [0.15, 0.2) is 36.4 Å². The van der Waals surface area contributed by atoms with Crippen molar-refractivity contribution in [2.75, 3.05) is 24.6 Å². The van der Waals surface area contributed by atoms with Crippen LogP contribution in [-0.4, -0.2) is 44.7 Å². The number of aromatic hydroxyl groups is 1. The maximum absolute atomic E-state index is 12.4. The third-order valence-corrected chi connectivity index (χ3v) is 4.84. The van der Waals surface area contributed by atoms with Crippen LogP contribution in [0.25, 0.3) is 10.8 Å². The maximum Gasteiger partial charge on any atom is 0.257 e. The number of carbonyl (C=O) groups is 1. The van der Waals surface area contributed by atoms with Crippen LogP contribution in [0.4, 0.5) is 0 Å². The minimum absolute atomic E-state index is 0.000367. The molecule has 5 heteroatoms. The molecule has 0 atom stereocenters. The Kier molecular flexibility index (Phi) is 3.44. The zero-order chi connectivity index (χ0) is 14.1. The molecule has 0 unspecified atom stereocenters. The molecule has 1 aliphatic heterocycles. The molecule has 4 nitrogen and oxygen atoms in total. The van der Waals surface area contributed by atoms with Gasteiger partial charge >= 0.3 is 0 Å². The Labute approximate surface area is 119 Å². The van der Waals surface area contributed by atoms with Gasteiger partial charge in [0.05, 0.1) is 5.56 Å². The fraction of sp³-hybridized carbons (Fsp3) is 0.267. The van der Waals surface area contributed by atoms with Gasteiger partial charge in [0.2, 0.25) is 0 Å². The first kappa shape index (κ1) is 13.1. The van der Waals surface area contributed by atoms with Gasteiger partial charge in [-0.2, -0.15) is 0 Å². The lowest BCUT2D eigenvalue weighted by molar-refractivity contribution is 0.0768. The van der Waals surface area contributed by atoms with Gasteiger partial charge < -0.3 is 10.0 Å². The average Bonchev–Trinajstić information content (AvgIpc) is 2.46. The lowest BCUT2D eigenvalue weighted by Crippen LogP contribution is -2.41. The van der Waals surface area contributed by atoms with Gasteiger partial charge in [0, 0.05) is 35.4 Å². The number of phenolic OH excluding ortho intramolecular Hbond substituents is 1. The lowest BCUT2D eigenvalue weighted by atomic mass is 10.0. The first-order valence-electron chi connectivity index (χ1n) is 6.51. The molecule has 2 aromatic carbocycles. The predicted molar refractivity (Wildman–Crippen MR) is 79.4 cm³/mol. The summed E-state index contributed by atoms with van der Waals surface area (Å²) in [5.41, 5.74) is 0.316. The summed E-state index contributed by atoms with van der Waals surface area (Å²) >= 11 is 0. The number of phenols is 1. The molecule has 1 N–H and O–H groups in total. The fourth-order valence-electron chi connectivity index (χ4n) is 2.41. The van der Waals surface area contributed by atoms with Crippen LogP contribution in [0.5, 0.6) is 5.75 Å². The number of hydrogen-bond acceptors (Lipinski definition) is 3. The molecule has 20 heavy (non-hydrogen) atoms. The normalized spacial score (nSPS) is 16.5. The van der Waals surface area contributed by atoms with E-state index in [1.165, 1.54) is 0 Å². The summed E-state index contributed by atoms with van der Waals surface area (Å²) < 4.78 is 11.3. The van der Waals surface area contributed by atoms with Crippen molar-refractivity contribution < 1.29 is 14.1 Å². The van der Waals surface area contributed by atoms with Crippen LogP contribution in [0.1, 0.15) is 10.4 Å². The molecular formula is C15H15NO3S. The van der Waals surface area contributed by atoms with Crippen LogP contribution in [0.3, 0.4) is 0 Å².